The van der Waals surface area contributed by atoms with Crippen molar-refractivity contribution in [3.63, 3.8) is 0 Å². The highest BCUT2D eigenvalue weighted by molar-refractivity contribution is 5.28. The molecule has 0 saturated heterocycles. The molecule has 0 radical (unpaired) electrons. The summed E-state index contributed by atoms with van der Waals surface area (Å²) < 4.78 is 10.3. The second kappa shape index (κ2) is 6.26. The molecule has 0 amide bonds. The zero-order chi connectivity index (χ0) is 15.5. The van der Waals surface area contributed by atoms with Crippen LogP contribution in [-0.2, 0) is 12.8 Å². The van der Waals surface area contributed by atoms with E-state index in [2.05, 4.69) is 10.1 Å². The highest BCUT2D eigenvalue weighted by atomic mass is 16.5. The lowest BCUT2D eigenvalue weighted by molar-refractivity contribution is 0.0565. The maximum atomic E-state index is 10.1. The van der Waals surface area contributed by atoms with Gasteiger partial charge in [0.05, 0.1) is 19.6 Å². The van der Waals surface area contributed by atoms with Crippen molar-refractivity contribution in [2.45, 2.75) is 39.7 Å². The largest absolute Gasteiger partial charge is 0.497 e. The number of benzene rings is 1. The quantitative estimate of drug-likeness (QED) is 0.916. The first-order chi connectivity index (χ1) is 9.88. The van der Waals surface area contributed by atoms with Gasteiger partial charge < -0.3 is 14.4 Å². The number of rotatable bonds is 5. The van der Waals surface area contributed by atoms with Crippen LogP contribution in [0.5, 0.6) is 5.75 Å². The van der Waals surface area contributed by atoms with E-state index < -0.39 is 6.10 Å². The summed E-state index contributed by atoms with van der Waals surface area (Å²) in [6.07, 6.45) is 0.463. The van der Waals surface area contributed by atoms with Crippen LogP contribution < -0.4 is 4.74 Å². The number of hydrogen-bond acceptors (Lipinski definition) is 5. The fraction of sp³-hybridized carbons (Fsp3) is 0.500. The van der Waals surface area contributed by atoms with Crippen LogP contribution in [0.4, 0.5) is 0 Å². The fourth-order valence-electron chi connectivity index (χ4n) is 1.84. The number of methoxy groups -OCH3 is 1. The predicted molar refractivity (Wildman–Crippen MR) is 79.3 cm³/mol. The van der Waals surface area contributed by atoms with Gasteiger partial charge in [-0.25, -0.2) is 0 Å². The maximum absolute atomic E-state index is 10.1. The first kappa shape index (κ1) is 15.5. The molecule has 1 heterocycles. The lowest BCUT2D eigenvalue weighted by Crippen LogP contribution is -2.28. The summed E-state index contributed by atoms with van der Waals surface area (Å²) in [6.45, 7) is 5.94. The summed E-state index contributed by atoms with van der Waals surface area (Å²) in [5.41, 5.74) is 0.879. The van der Waals surface area contributed by atoms with Gasteiger partial charge in [-0.1, -0.05) is 38.1 Å². The van der Waals surface area contributed by atoms with Crippen LogP contribution in [-0.4, -0.2) is 28.5 Å². The average molecular weight is 290 g/mol. The van der Waals surface area contributed by atoms with Crippen molar-refractivity contribution in [3.8, 4) is 5.75 Å². The summed E-state index contributed by atoms with van der Waals surface area (Å²) >= 11 is 0. The molecule has 0 fully saturated rings. The summed E-state index contributed by atoms with van der Waals surface area (Å²) in [5.74, 6) is 1.91. The second-order valence-electron chi connectivity index (χ2n) is 6.22. The van der Waals surface area contributed by atoms with Gasteiger partial charge in [0, 0.05) is 6.42 Å². The monoisotopic (exact) mass is 290 g/mol. The average Bonchev–Trinajstić information content (AvgIpc) is 2.86. The number of nitrogens with zero attached hydrogens (tertiary/aromatic N) is 2. The number of aliphatic hydroxyl groups excluding tert-OH is 1. The van der Waals surface area contributed by atoms with Crippen LogP contribution in [0.15, 0.2) is 28.8 Å². The molecule has 0 aliphatic rings. The predicted octanol–water partition coefficient (Wildman–Crippen LogP) is 2.62. The molecule has 0 spiro atoms. The number of aliphatic hydroxyl groups is 1. The number of ether oxygens (including phenoxy) is 1. The molecule has 21 heavy (non-hydrogen) atoms. The van der Waals surface area contributed by atoms with E-state index in [1.165, 1.54) is 0 Å². The smallest absolute Gasteiger partial charge is 0.229 e. The standard InChI is InChI=1S/C16H22N2O3/c1-16(2,3)13(19)10-15-17-14(18-21-15)9-11-5-7-12(20-4)8-6-11/h5-8,13,19H,9-10H2,1-4H3. The van der Waals surface area contributed by atoms with E-state index in [1.54, 1.807) is 7.11 Å². The first-order valence-electron chi connectivity index (χ1n) is 7.01. The molecule has 0 saturated carbocycles. The molecule has 1 N–H and O–H groups in total. The number of hydrogen-bond donors (Lipinski definition) is 1. The summed E-state index contributed by atoms with van der Waals surface area (Å²) in [7, 11) is 1.64. The Morgan fingerprint density at radius 1 is 1.24 bits per heavy atom. The van der Waals surface area contributed by atoms with Crippen molar-refractivity contribution >= 4 is 0 Å². The van der Waals surface area contributed by atoms with E-state index in [1.807, 2.05) is 45.0 Å². The fourth-order valence-corrected chi connectivity index (χ4v) is 1.84. The third-order valence-corrected chi connectivity index (χ3v) is 3.40. The molecular weight excluding hydrogens is 268 g/mol. The Morgan fingerprint density at radius 2 is 1.90 bits per heavy atom. The maximum Gasteiger partial charge on any atom is 0.229 e. The van der Waals surface area contributed by atoms with E-state index in [0.717, 1.165) is 11.3 Å². The van der Waals surface area contributed by atoms with E-state index in [9.17, 15) is 5.11 Å². The third-order valence-electron chi connectivity index (χ3n) is 3.40. The van der Waals surface area contributed by atoms with Gasteiger partial charge >= 0.3 is 0 Å². The van der Waals surface area contributed by atoms with Gasteiger partial charge in [-0.3, -0.25) is 0 Å². The molecule has 114 valence electrons. The lowest BCUT2D eigenvalue weighted by Gasteiger charge is -2.24. The zero-order valence-corrected chi connectivity index (χ0v) is 13.0. The molecule has 2 aromatic rings. The van der Waals surface area contributed by atoms with Crippen molar-refractivity contribution in [1.29, 1.82) is 0 Å². The molecule has 0 aliphatic heterocycles. The molecule has 1 atom stereocenters. The number of aromatic nitrogens is 2. The highest BCUT2D eigenvalue weighted by Gasteiger charge is 2.24. The molecule has 1 aromatic heterocycles. The first-order valence-corrected chi connectivity index (χ1v) is 7.01. The minimum absolute atomic E-state index is 0.204. The Kier molecular flexibility index (Phi) is 4.63. The van der Waals surface area contributed by atoms with Gasteiger partial charge in [0.1, 0.15) is 5.75 Å². The van der Waals surface area contributed by atoms with Gasteiger partial charge in [0.2, 0.25) is 5.89 Å². The molecule has 0 aliphatic carbocycles. The van der Waals surface area contributed by atoms with Crippen molar-refractivity contribution < 1.29 is 14.4 Å². The van der Waals surface area contributed by atoms with Gasteiger partial charge in [-0.2, -0.15) is 4.98 Å². The Hall–Kier alpha value is -1.88. The Bertz CT molecular complexity index is 570. The molecule has 5 heteroatoms. The topological polar surface area (TPSA) is 68.4 Å². The minimum atomic E-state index is -0.508. The SMILES string of the molecule is COc1ccc(Cc2noc(CC(O)C(C)(C)C)n2)cc1. The van der Waals surface area contributed by atoms with Crippen molar-refractivity contribution in [1.82, 2.24) is 10.1 Å². The zero-order valence-electron chi connectivity index (χ0n) is 13.0. The van der Waals surface area contributed by atoms with Crippen LogP contribution in [0.3, 0.4) is 0 Å². The van der Waals surface area contributed by atoms with Gasteiger partial charge in [-0.05, 0) is 23.1 Å². The summed E-state index contributed by atoms with van der Waals surface area (Å²) in [4.78, 5) is 4.33. The Balaban J connectivity index is 1.99. The second-order valence-corrected chi connectivity index (χ2v) is 6.22. The van der Waals surface area contributed by atoms with Crippen molar-refractivity contribution in [3.05, 3.63) is 41.5 Å². The Morgan fingerprint density at radius 3 is 2.48 bits per heavy atom. The Labute approximate surface area is 125 Å². The normalized spacial score (nSPS) is 13.2. The van der Waals surface area contributed by atoms with Crippen LogP contribution in [0.25, 0.3) is 0 Å². The third kappa shape index (κ3) is 4.29. The van der Waals surface area contributed by atoms with Crippen molar-refractivity contribution in [2.75, 3.05) is 7.11 Å². The van der Waals surface area contributed by atoms with Gasteiger partial charge in [-0.15, -0.1) is 0 Å². The summed E-state index contributed by atoms with van der Waals surface area (Å²) in [6, 6.07) is 7.75. The van der Waals surface area contributed by atoms with E-state index in [-0.39, 0.29) is 5.41 Å². The van der Waals surface area contributed by atoms with Crippen LogP contribution in [0.1, 0.15) is 38.0 Å². The van der Waals surface area contributed by atoms with E-state index in [0.29, 0.717) is 24.6 Å². The van der Waals surface area contributed by atoms with Gasteiger partial charge in [0.15, 0.2) is 5.82 Å². The molecule has 0 bridgehead atoms. The van der Waals surface area contributed by atoms with E-state index in [4.69, 9.17) is 9.26 Å². The molecule has 1 aromatic carbocycles. The molecule has 2 rings (SSSR count). The van der Waals surface area contributed by atoms with Crippen LogP contribution in [0.2, 0.25) is 0 Å². The van der Waals surface area contributed by atoms with Crippen molar-refractivity contribution in [2.24, 2.45) is 5.41 Å². The van der Waals surface area contributed by atoms with Crippen LogP contribution >= 0.6 is 0 Å². The van der Waals surface area contributed by atoms with E-state index >= 15 is 0 Å². The molecule has 1 unspecified atom stereocenters. The molecule has 5 nitrogen and oxygen atoms in total. The molecular formula is C16H22N2O3. The van der Waals surface area contributed by atoms with Crippen LogP contribution in [0, 0.1) is 5.41 Å². The van der Waals surface area contributed by atoms with Gasteiger partial charge in [0.25, 0.3) is 0 Å². The minimum Gasteiger partial charge on any atom is -0.497 e. The highest BCUT2D eigenvalue weighted by Crippen LogP contribution is 2.22. The lowest BCUT2D eigenvalue weighted by atomic mass is 9.87. The summed E-state index contributed by atoms with van der Waals surface area (Å²) in [5, 5.41) is 14.0.